The number of ether oxygens (including phenoxy) is 1. The fourth-order valence-corrected chi connectivity index (χ4v) is 3.14. The van der Waals surface area contributed by atoms with Crippen molar-refractivity contribution in [3.05, 3.63) is 0 Å². The summed E-state index contributed by atoms with van der Waals surface area (Å²) in [6.45, 7) is 13.4. The topological polar surface area (TPSA) is 9.23 Å². The van der Waals surface area contributed by atoms with Crippen molar-refractivity contribution in [2.75, 3.05) is 25.2 Å². The first-order valence-electron chi connectivity index (χ1n) is 6.90. The van der Waals surface area contributed by atoms with E-state index in [0.29, 0.717) is 10.8 Å². The van der Waals surface area contributed by atoms with E-state index >= 15 is 0 Å². The molecular formula is C15H32OS. The van der Waals surface area contributed by atoms with Crippen molar-refractivity contribution in [2.45, 2.75) is 60.3 Å². The summed E-state index contributed by atoms with van der Waals surface area (Å²) in [5, 5.41) is 0. The lowest BCUT2D eigenvalue weighted by molar-refractivity contribution is 0.0127. The standard InChI is InChI=1S/C8H18S.C7H14O/c1-5-6-8(2,3)7-9-4;1-7(2)4-3-5-8-6-7/h5-7H2,1-4H3;3-6H2,1-2H3. The Balaban J connectivity index is 0.000000302. The molecule has 1 rings (SSSR count). The molecule has 0 saturated carbocycles. The van der Waals surface area contributed by atoms with Crippen molar-refractivity contribution >= 4 is 11.8 Å². The monoisotopic (exact) mass is 260 g/mol. The van der Waals surface area contributed by atoms with Crippen LogP contribution in [0.3, 0.4) is 0 Å². The Labute approximate surface area is 113 Å². The summed E-state index contributed by atoms with van der Waals surface area (Å²) in [4.78, 5) is 0. The van der Waals surface area contributed by atoms with Gasteiger partial charge < -0.3 is 4.74 Å². The zero-order valence-electron chi connectivity index (χ0n) is 12.8. The summed E-state index contributed by atoms with van der Waals surface area (Å²) in [5.41, 5.74) is 1.02. The molecule has 0 bridgehead atoms. The molecule has 0 spiro atoms. The molecule has 1 aliphatic heterocycles. The average Bonchev–Trinajstić information content (AvgIpc) is 2.17. The first-order chi connectivity index (χ1) is 7.83. The van der Waals surface area contributed by atoms with Gasteiger partial charge >= 0.3 is 0 Å². The molecule has 1 saturated heterocycles. The van der Waals surface area contributed by atoms with Crippen molar-refractivity contribution in [1.82, 2.24) is 0 Å². The molecular weight excluding hydrogens is 228 g/mol. The Morgan fingerprint density at radius 1 is 1.29 bits per heavy atom. The Morgan fingerprint density at radius 3 is 2.24 bits per heavy atom. The van der Waals surface area contributed by atoms with Gasteiger partial charge in [-0.3, -0.25) is 0 Å². The molecule has 0 N–H and O–H groups in total. The Morgan fingerprint density at radius 2 is 1.94 bits per heavy atom. The summed E-state index contributed by atoms with van der Waals surface area (Å²) < 4.78 is 5.28. The van der Waals surface area contributed by atoms with Crippen LogP contribution in [-0.4, -0.2) is 25.2 Å². The van der Waals surface area contributed by atoms with Crippen molar-refractivity contribution in [1.29, 1.82) is 0 Å². The van der Waals surface area contributed by atoms with Crippen LogP contribution in [0.4, 0.5) is 0 Å². The summed E-state index contributed by atoms with van der Waals surface area (Å²) in [6, 6.07) is 0. The molecule has 1 nitrogen and oxygen atoms in total. The van der Waals surface area contributed by atoms with E-state index in [9.17, 15) is 0 Å². The average molecular weight is 260 g/mol. The smallest absolute Gasteiger partial charge is 0.0517 e. The second-order valence-corrected chi connectivity index (χ2v) is 7.53. The third kappa shape index (κ3) is 9.96. The quantitative estimate of drug-likeness (QED) is 0.703. The molecule has 0 aromatic heterocycles. The Bertz CT molecular complexity index is 171. The molecule has 1 aliphatic rings. The summed E-state index contributed by atoms with van der Waals surface area (Å²) in [7, 11) is 0. The van der Waals surface area contributed by atoms with Crippen LogP contribution in [-0.2, 0) is 4.74 Å². The fourth-order valence-electron chi connectivity index (χ4n) is 2.21. The van der Waals surface area contributed by atoms with E-state index in [4.69, 9.17) is 4.74 Å². The minimum absolute atomic E-state index is 0.457. The minimum atomic E-state index is 0.457. The number of hydrogen-bond acceptors (Lipinski definition) is 2. The van der Waals surface area contributed by atoms with Crippen LogP contribution < -0.4 is 0 Å². The van der Waals surface area contributed by atoms with Crippen molar-refractivity contribution in [2.24, 2.45) is 10.8 Å². The molecule has 0 aromatic rings. The first kappa shape index (κ1) is 17.3. The lowest BCUT2D eigenvalue weighted by Gasteiger charge is -2.28. The van der Waals surface area contributed by atoms with E-state index in [1.807, 2.05) is 11.8 Å². The van der Waals surface area contributed by atoms with Gasteiger partial charge in [-0.15, -0.1) is 0 Å². The maximum absolute atomic E-state index is 5.28. The molecule has 2 heteroatoms. The molecule has 0 aromatic carbocycles. The van der Waals surface area contributed by atoms with E-state index in [1.165, 1.54) is 31.4 Å². The van der Waals surface area contributed by atoms with Crippen LogP contribution in [0.2, 0.25) is 0 Å². The van der Waals surface area contributed by atoms with E-state index in [2.05, 4.69) is 40.9 Å². The maximum Gasteiger partial charge on any atom is 0.0517 e. The van der Waals surface area contributed by atoms with Gasteiger partial charge in [-0.05, 0) is 42.1 Å². The van der Waals surface area contributed by atoms with Crippen LogP contribution in [0.25, 0.3) is 0 Å². The minimum Gasteiger partial charge on any atom is -0.381 e. The van der Waals surface area contributed by atoms with Crippen molar-refractivity contribution < 1.29 is 4.74 Å². The first-order valence-corrected chi connectivity index (χ1v) is 8.29. The number of rotatable bonds is 4. The van der Waals surface area contributed by atoms with Crippen LogP contribution in [0.15, 0.2) is 0 Å². The van der Waals surface area contributed by atoms with E-state index in [-0.39, 0.29) is 0 Å². The maximum atomic E-state index is 5.28. The molecule has 0 unspecified atom stereocenters. The van der Waals surface area contributed by atoms with E-state index < -0.39 is 0 Å². The fraction of sp³-hybridized carbons (Fsp3) is 1.00. The van der Waals surface area contributed by atoms with Gasteiger partial charge in [-0.2, -0.15) is 11.8 Å². The highest BCUT2D eigenvalue weighted by Gasteiger charge is 2.20. The molecule has 0 aliphatic carbocycles. The van der Waals surface area contributed by atoms with Gasteiger partial charge in [-0.25, -0.2) is 0 Å². The second-order valence-electron chi connectivity index (χ2n) is 6.67. The lowest BCUT2D eigenvalue weighted by Crippen LogP contribution is -2.24. The zero-order chi connectivity index (χ0) is 13.4. The van der Waals surface area contributed by atoms with Gasteiger partial charge in [-0.1, -0.05) is 41.0 Å². The van der Waals surface area contributed by atoms with Crippen molar-refractivity contribution in [3.63, 3.8) is 0 Å². The third-order valence-electron chi connectivity index (χ3n) is 3.10. The normalized spacial score (nSPS) is 19.4. The van der Waals surface area contributed by atoms with Crippen LogP contribution >= 0.6 is 11.8 Å². The van der Waals surface area contributed by atoms with Gasteiger partial charge in [0.1, 0.15) is 0 Å². The Kier molecular flexibility index (Phi) is 8.57. The third-order valence-corrected chi connectivity index (χ3v) is 4.17. The van der Waals surface area contributed by atoms with Crippen LogP contribution in [0, 0.1) is 10.8 Å². The van der Waals surface area contributed by atoms with E-state index in [0.717, 1.165) is 13.2 Å². The molecule has 1 heterocycles. The molecule has 17 heavy (non-hydrogen) atoms. The summed E-state index contributed by atoms with van der Waals surface area (Å²) in [6.07, 6.45) is 7.42. The summed E-state index contributed by atoms with van der Waals surface area (Å²) >= 11 is 1.95. The zero-order valence-corrected chi connectivity index (χ0v) is 13.6. The van der Waals surface area contributed by atoms with E-state index in [1.54, 1.807) is 0 Å². The number of hydrogen-bond donors (Lipinski definition) is 0. The highest BCUT2D eigenvalue weighted by atomic mass is 32.2. The molecule has 0 radical (unpaired) electrons. The Hall–Kier alpha value is 0.310. The van der Waals surface area contributed by atoms with Crippen molar-refractivity contribution in [3.8, 4) is 0 Å². The van der Waals surface area contributed by atoms with Gasteiger partial charge in [0.05, 0.1) is 6.61 Å². The molecule has 0 atom stereocenters. The van der Waals surface area contributed by atoms with Crippen LogP contribution in [0.5, 0.6) is 0 Å². The largest absolute Gasteiger partial charge is 0.381 e. The number of thioether (sulfide) groups is 1. The van der Waals surface area contributed by atoms with Crippen LogP contribution in [0.1, 0.15) is 60.3 Å². The highest BCUT2D eigenvalue weighted by molar-refractivity contribution is 7.98. The van der Waals surface area contributed by atoms with Gasteiger partial charge in [0, 0.05) is 6.61 Å². The molecule has 1 fully saturated rings. The molecule has 104 valence electrons. The van der Waals surface area contributed by atoms with Gasteiger partial charge in [0.15, 0.2) is 0 Å². The summed E-state index contributed by atoms with van der Waals surface area (Å²) in [5.74, 6) is 1.29. The predicted octanol–water partition coefficient (Wildman–Crippen LogP) is 5.00. The molecule has 0 amide bonds. The van der Waals surface area contributed by atoms with Gasteiger partial charge in [0.25, 0.3) is 0 Å². The van der Waals surface area contributed by atoms with Gasteiger partial charge in [0.2, 0.25) is 0 Å². The SMILES string of the molecule is CC1(C)CCCOC1.CCCC(C)(C)CSC. The predicted molar refractivity (Wildman–Crippen MR) is 80.9 cm³/mol. The lowest BCUT2D eigenvalue weighted by atomic mass is 9.87. The highest BCUT2D eigenvalue weighted by Crippen LogP contribution is 2.26. The second kappa shape index (κ2) is 8.42.